The van der Waals surface area contributed by atoms with Crippen LogP contribution in [0.15, 0.2) is 52.4 Å². The summed E-state index contributed by atoms with van der Waals surface area (Å²) in [6, 6.07) is 11.8. The second kappa shape index (κ2) is 9.15. The summed E-state index contributed by atoms with van der Waals surface area (Å²) in [5.74, 6) is 1.14. The average Bonchev–Trinajstić information content (AvgIpc) is 3.08. The highest BCUT2D eigenvalue weighted by atomic mass is 32.2. The van der Waals surface area contributed by atoms with Gasteiger partial charge in [0.2, 0.25) is 0 Å². The second-order valence-electron chi connectivity index (χ2n) is 6.21. The molecule has 0 radical (unpaired) electrons. The van der Waals surface area contributed by atoms with E-state index >= 15 is 0 Å². The number of rotatable bonds is 7. The maximum absolute atomic E-state index is 12.8. The van der Waals surface area contributed by atoms with Crippen molar-refractivity contribution in [3.63, 3.8) is 0 Å². The summed E-state index contributed by atoms with van der Waals surface area (Å²) in [6.45, 7) is 2.29. The Morgan fingerprint density at radius 2 is 2.03 bits per heavy atom. The Morgan fingerprint density at radius 1 is 1.24 bits per heavy atom. The van der Waals surface area contributed by atoms with Gasteiger partial charge in [-0.1, -0.05) is 24.3 Å². The molecule has 29 heavy (non-hydrogen) atoms. The van der Waals surface area contributed by atoms with Gasteiger partial charge < -0.3 is 9.30 Å². The lowest BCUT2D eigenvalue weighted by atomic mass is 10.2. The molecule has 0 saturated carbocycles. The number of amides is 1. The van der Waals surface area contributed by atoms with Crippen molar-refractivity contribution < 1.29 is 17.9 Å². The quantitative estimate of drug-likeness (QED) is 0.550. The molecule has 0 unspecified atom stereocenters. The number of carbonyl (C=O) groups excluding carboxylic acids is 1. The fraction of sp³-hybridized carbons (Fsp3) is 0.300. The molecule has 0 aliphatic heterocycles. The Kier molecular flexibility index (Phi) is 6.81. The molecule has 0 fully saturated rings. The Morgan fingerprint density at radius 3 is 2.72 bits per heavy atom. The molecule has 1 amide bonds. The highest BCUT2D eigenvalue weighted by Gasteiger charge is 2.15. The average molecular weight is 451 g/mol. The zero-order chi connectivity index (χ0) is 21.0. The number of fused-ring (bicyclic) bond motifs is 1. The number of hydrogen-bond donors (Lipinski definition) is 0. The molecule has 0 aliphatic carbocycles. The van der Waals surface area contributed by atoms with Crippen LogP contribution >= 0.6 is 23.1 Å². The minimum atomic E-state index is -3.39. The van der Waals surface area contributed by atoms with E-state index in [1.807, 2.05) is 29.0 Å². The molecule has 0 saturated heterocycles. The molecular weight excluding hydrogens is 428 g/mol. The van der Waals surface area contributed by atoms with Crippen LogP contribution in [0.1, 0.15) is 17.3 Å². The minimum Gasteiger partial charge on any atom is -0.497 e. The van der Waals surface area contributed by atoms with Gasteiger partial charge in [-0.2, -0.15) is 16.8 Å². The third-order valence-corrected chi connectivity index (χ3v) is 7.79. The van der Waals surface area contributed by atoms with E-state index in [1.54, 1.807) is 37.9 Å². The van der Waals surface area contributed by atoms with Crippen molar-refractivity contribution in [1.29, 1.82) is 0 Å². The van der Waals surface area contributed by atoms with Crippen LogP contribution in [-0.2, 0) is 16.4 Å². The fourth-order valence-corrected chi connectivity index (χ4v) is 5.18. The molecule has 3 rings (SSSR count). The summed E-state index contributed by atoms with van der Waals surface area (Å²) in [6.07, 6.45) is 2.03. The van der Waals surface area contributed by atoms with Gasteiger partial charge >= 0.3 is 0 Å². The molecule has 9 heteroatoms. The molecular formula is C20H22N2O4S3. The Balaban J connectivity index is 2.09. The lowest BCUT2D eigenvalue weighted by Crippen LogP contribution is -2.18. The van der Waals surface area contributed by atoms with Gasteiger partial charge in [-0.05, 0) is 42.7 Å². The van der Waals surface area contributed by atoms with Crippen LogP contribution in [0.3, 0.4) is 0 Å². The van der Waals surface area contributed by atoms with Gasteiger partial charge in [0.1, 0.15) is 5.75 Å². The number of ether oxygens (including phenoxy) is 1. The molecule has 3 aromatic rings. The third kappa shape index (κ3) is 4.73. The number of hydrogen-bond acceptors (Lipinski definition) is 6. The molecule has 1 aromatic heterocycles. The van der Waals surface area contributed by atoms with Crippen LogP contribution in [0.5, 0.6) is 5.75 Å². The lowest BCUT2D eigenvalue weighted by Gasteiger charge is -2.05. The molecule has 0 aliphatic rings. The first-order chi connectivity index (χ1) is 13.9. The maximum Gasteiger partial charge on any atom is 0.279 e. The van der Waals surface area contributed by atoms with E-state index in [-0.39, 0.29) is 16.2 Å². The molecule has 0 N–H and O–H groups in total. The van der Waals surface area contributed by atoms with Crippen LogP contribution in [-0.4, -0.2) is 43.8 Å². The fourth-order valence-electron chi connectivity index (χ4n) is 2.81. The maximum atomic E-state index is 12.8. The van der Waals surface area contributed by atoms with E-state index < -0.39 is 15.7 Å². The molecule has 6 nitrogen and oxygen atoms in total. The smallest absolute Gasteiger partial charge is 0.279 e. The van der Waals surface area contributed by atoms with Crippen molar-refractivity contribution in [3.05, 3.63) is 52.8 Å². The largest absolute Gasteiger partial charge is 0.497 e. The van der Waals surface area contributed by atoms with Crippen LogP contribution in [0.4, 0.5) is 0 Å². The number of thiazole rings is 1. The van der Waals surface area contributed by atoms with Crippen molar-refractivity contribution in [2.24, 2.45) is 4.99 Å². The zero-order valence-electron chi connectivity index (χ0n) is 16.4. The van der Waals surface area contributed by atoms with Crippen LogP contribution in [0, 0.1) is 0 Å². The summed E-state index contributed by atoms with van der Waals surface area (Å²) in [7, 11) is -1.77. The zero-order valence-corrected chi connectivity index (χ0v) is 18.9. The summed E-state index contributed by atoms with van der Waals surface area (Å²) in [4.78, 5) is 17.8. The number of thioether (sulfide) groups is 1. The topological polar surface area (TPSA) is 77.7 Å². The lowest BCUT2D eigenvalue weighted by molar-refractivity contribution is 0.0997. The highest BCUT2D eigenvalue weighted by molar-refractivity contribution is 7.98. The van der Waals surface area contributed by atoms with Crippen LogP contribution in [0.2, 0.25) is 0 Å². The predicted octanol–water partition coefficient (Wildman–Crippen LogP) is 3.61. The van der Waals surface area contributed by atoms with Crippen molar-refractivity contribution in [2.75, 3.05) is 24.9 Å². The van der Waals surface area contributed by atoms with Crippen LogP contribution in [0.25, 0.3) is 10.2 Å². The first kappa shape index (κ1) is 21.6. The van der Waals surface area contributed by atoms with Gasteiger partial charge in [0.25, 0.3) is 5.91 Å². The summed E-state index contributed by atoms with van der Waals surface area (Å²) < 4.78 is 32.5. The number of nitrogens with zero attached hydrogens (tertiary/aromatic N) is 2. The Hall–Kier alpha value is -2.10. The van der Waals surface area contributed by atoms with E-state index in [0.29, 0.717) is 11.3 Å². The molecule has 0 spiro atoms. The summed E-state index contributed by atoms with van der Waals surface area (Å²) in [5.41, 5.74) is 1.24. The first-order valence-corrected chi connectivity index (χ1v) is 12.8. The Bertz CT molecular complexity index is 1210. The van der Waals surface area contributed by atoms with Crippen LogP contribution < -0.4 is 9.54 Å². The van der Waals surface area contributed by atoms with Crippen molar-refractivity contribution in [3.8, 4) is 5.75 Å². The number of carbonyl (C=O) groups is 1. The molecule has 1 heterocycles. The van der Waals surface area contributed by atoms with E-state index in [9.17, 15) is 13.2 Å². The van der Waals surface area contributed by atoms with Gasteiger partial charge in [-0.25, -0.2) is 8.42 Å². The number of aromatic nitrogens is 1. The number of benzene rings is 2. The minimum absolute atomic E-state index is 0.0192. The second-order valence-corrected chi connectivity index (χ2v) is 10.5. The van der Waals surface area contributed by atoms with Crippen molar-refractivity contribution in [2.45, 2.75) is 18.4 Å². The van der Waals surface area contributed by atoms with Crippen molar-refractivity contribution in [1.82, 2.24) is 4.57 Å². The summed E-state index contributed by atoms with van der Waals surface area (Å²) >= 11 is 3.12. The molecule has 0 bridgehead atoms. The van der Waals surface area contributed by atoms with Gasteiger partial charge in [-0.15, -0.1) is 0 Å². The van der Waals surface area contributed by atoms with E-state index in [0.717, 1.165) is 21.7 Å². The standard InChI is InChI=1S/C20H22N2O4S3/c1-4-29(24,25)16-7-5-6-14(12-16)19(23)21-20-22(10-11-27-3)17-9-8-15(26-2)13-18(17)28-20/h5-9,12-13H,4,10-11H2,1-3H3. The van der Waals surface area contributed by atoms with Gasteiger partial charge in [-0.3, -0.25) is 4.79 Å². The molecule has 154 valence electrons. The predicted molar refractivity (Wildman–Crippen MR) is 119 cm³/mol. The van der Waals surface area contributed by atoms with Gasteiger partial charge in [0, 0.05) is 17.9 Å². The SMILES string of the molecule is CCS(=O)(=O)c1cccc(C(=O)N=c2sc3cc(OC)ccc3n2CCSC)c1. The normalized spacial score (nSPS) is 12.4. The van der Waals surface area contributed by atoms with E-state index in [1.165, 1.54) is 23.5 Å². The first-order valence-electron chi connectivity index (χ1n) is 8.97. The highest BCUT2D eigenvalue weighted by Crippen LogP contribution is 2.23. The number of sulfone groups is 1. The third-order valence-electron chi connectivity index (χ3n) is 4.43. The van der Waals surface area contributed by atoms with Crippen molar-refractivity contribution >= 4 is 49.1 Å². The molecule has 0 atom stereocenters. The monoisotopic (exact) mass is 450 g/mol. The van der Waals surface area contributed by atoms with E-state index in [2.05, 4.69) is 4.99 Å². The van der Waals surface area contributed by atoms with Gasteiger partial charge in [0.05, 0.1) is 28.0 Å². The number of methoxy groups -OCH3 is 1. The Labute approximate surface area is 178 Å². The molecule has 2 aromatic carbocycles. The van der Waals surface area contributed by atoms with Gasteiger partial charge in [0.15, 0.2) is 14.6 Å². The van der Waals surface area contributed by atoms with E-state index in [4.69, 9.17) is 4.74 Å². The summed E-state index contributed by atoms with van der Waals surface area (Å²) in [5, 5.41) is 0. The number of aryl methyl sites for hydroxylation is 1.